The molecule has 0 aliphatic rings. The number of carbonyl (C=O) groups excluding carboxylic acids is 1. The number of rotatable bonds is 8. The first-order valence-electron chi connectivity index (χ1n) is 14.2. The summed E-state index contributed by atoms with van der Waals surface area (Å²) < 4.78 is 55.4. The second-order valence-corrected chi connectivity index (χ2v) is 14.8. The monoisotopic (exact) mass is 573 g/mol. The Morgan fingerprint density at radius 3 is 2.02 bits per heavy atom. The van der Waals surface area contributed by atoms with Crippen LogP contribution in [0.1, 0.15) is 87.6 Å². The van der Waals surface area contributed by atoms with Crippen LogP contribution in [0.15, 0.2) is 48.5 Å². The molecule has 7 heteroatoms. The topological polar surface area (TPSA) is 40.5 Å². The number of alkyl halides is 3. The van der Waals surface area contributed by atoms with Gasteiger partial charge in [0.2, 0.25) is 0 Å². The first-order chi connectivity index (χ1) is 18.5. The second kappa shape index (κ2) is 11.0. The Bertz CT molecular complexity index is 1380. The molecule has 0 aliphatic carbocycles. The highest BCUT2D eigenvalue weighted by atomic mass is 19.4. The average Bonchev–Trinajstić information content (AvgIpc) is 3.10. The van der Waals surface area contributed by atoms with Crippen LogP contribution in [0.5, 0.6) is 5.75 Å². The second-order valence-electron chi connectivity index (χ2n) is 14.8. The molecule has 0 aliphatic heterocycles. The van der Waals surface area contributed by atoms with Gasteiger partial charge in [0, 0.05) is 36.2 Å². The van der Waals surface area contributed by atoms with E-state index in [0.717, 1.165) is 23.4 Å². The molecule has 4 nitrogen and oxygen atoms in total. The van der Waals surface area contributed by atoms with Gasteiger partial charge in [-0.1, -0.05) is 59.7 Å². The summed E-state index contributed by atoms with van der Waals surface area (Å²) in [6, 6.07) is 12.9. The van der Waals surface area contributed by atoms with Gasteiger partial charge < -0.3 is 14.0 Å². The molecule has 0 radical (unpaired) electrons. The van der Waals surface area contributed by atoms with Gasteiger partial charge in [-0.3, -0.25) is 4.79 Å². The lowest BCUT2D eigenvalue weighted by Gasteiger charge is -2.39. The summed E-state index contributed by atoms with van der Waals surface area (Å²) >= 11 is 0. The van der Waals surface area contributed by atoms with Gasteiger partial charge in [0.25, 0.3) is 0 Å². The Morgan fingerprint density at radius 1 is 0.854 bits per heavy atom. The van der Waals surface area contributed by atoms with Crippen molar-refractivity contribution in [2.45, 2.75) is 99.5 Å². The van der Waals surface area contributed by atoms with Gasteiger partial charge in [0.15, 0.2) is 0 Å². The maximum absolute atomic E-state index is 13.7. The lowest BCUT2D eigenvalue weighted by atomic mass is 9.72. The summed E-state index contributed by atoms with van der Waals surface area (Å²) in [6.07, 6.45) is -3.30. The minimum Gasteiger partial charge on any atom is -0.488 e. The summed E-state index contributed by atoms with van der Waals surface area (Å²) in [5.41, 5.74) is -1.06. The third kappa shape index (κ3) is 8.30. The quantitative estimate of drug-likeness (QED) is 0.252. The zero-order valence-electron chi connectivity index (χ0n) is 26.4. The fourth-order valence-electron chi connectivity index (χ4n) is 5.70. The van der Waals surface area contributed by atoms with Crippen molar-refractivity contribution in [2.75, 3.05) is 0 Å². The number of nitrogens with zero attached hydrogens (tertiary/aromatic N) is 1. The number of fused-ring (bicyclic) bond motifs is 1. The van der Waals surface area contributed by atoms with Crippen LogP contribution in [0, 0.1) is 16.7 Å². The van der Waals surface area contributed by atoms with Gasteiger partial charge in [-0.2, -0.15) is 13.2 Å². The summed E-state index contributed by atoms with van der Waals surface area (Å²) in [7, 11) is 1.76. The van der Waals surface area contributed by atoms with E-state index in [9.17, 15) is 18.0 Å². The molecule has 0 amide bonds. The highest BCUT2D eigenvalue weighted by Gasteiger charge is 2.40. The van der Waals surface area contributed by atoms with Gasteiger partial charge >= 0.3 is 12.1 Å². The smallest absolute Gasteiger partial charge is 0.417 e. The van der Waals surface area contributed by atoms with Crippen molar-refractivity contribution in [2.24, 2.45) is 23.8 Å². The molecule has 2 aromatic carbocycles. The van der Waals surface area contributed by atoms with E-state index in [0.29, 0.717) is 17.9 Å². The molecule has 1 heterocycles. The predicted molar refractivity (Wildman–Crippen MR) is 160 cm³/mol. The van der Waals surface area contributed by atoms with E-state index in [-0.39, 0.29) is 28.3 Å². The van der Waals surface area contributed by atoms with Crippen molar-refractivity contribution in [1.82, 2.24) is 4.57 Å². The van der Waals surface area contributed by atoms with Crippen molar-refractivity contribution in [3.8, 4) is 17.0 Å². The molecule has 0 fully saturated rings. The molecule has 0 N–H and O–H groups in total. The molecule has 1 atom stereocenters. The molecule has 41 heavy (non-hydrogen) atoms. The number of aryl methyl sites for hydroxylation is 1. The molecular formula is C34H46F3NO3. The summed E-state index contributed by atoms with van der Waals surface area (Å²) in [5.74, 6) is 0.133. The van der Waals surface area contributed by atoms with E-state index >= 15 is 0 Å². The van der Waals surface area contributed by atoms with Crippen LogP contribution in [0.2, 0.25) is 0 Å². The standard InChI is InChI=1S/C34H46F3NO3/c1-30(2,3)20-26(31(4,5)6)29(39)41-33(9,10)21-32(7,8)40-23-17-16-22-18-28(38(11)27(22)19-23)24-14-12-13-15-25(24)34(35,36)37/h12-19,26H,20-21H2,1-11H3. The Kier molecular flexibility index (Phi) is 8.76. The number of halogens is 3. The average molecular weight is 574 g/mol. The Balaban J connectivity index is 1.83. The molecule has 1 aromatic heterocycles. The van der Waals surface area contributed by atoms with E-state index in [1.165, 1.54) is 12.1 Å². The van der Waals surface area contributed by atoms with Crippen LogP contribution < -0.4 is 4.74 Å². The summed E-state index contributed by atoms with van der Waals surface area (Å²) in [6.45, 7) is 20.3. The van der Waals surface area contributed by atoms with Crippen LogP contribution in [0.4, 0.5) is 13.2 Å². The molecule has 3 aromatic rings. The Labute approximate surface area is 243 Å². The largest absolute Gasteiger partial charge is 0.488 e. The molecular weight excluding hydrogens is 527 g/mol. The molecule has 0 bridgehead atoms. The molecule has 0 spiro atoms. The van der Waals surface area contributed by atoms with Crippen molar-refractivity contribution in [3.05, 3.63) is 54.1 Å². The maximum Gasteiger partial charge on any atom is 0.417 e. The molecule has 3 rings (SSSR count). The fraction of sp³-hybridized carbons (Fsp3) is 0.559. The minimum absolute atomic E-state index is 0.0201. The summed E-state index contributed by atoms with van der Waals surface area (Å²) in [4.78, 5) is 13.4. The van der Waals surface area contributed by atoms with Gasteiger partial charge in [-0.05, 0) is 69.2 Å². The predicted octanol–water partition coefficient (Wildman–Crippen LogP) is 9.83. The third-order valence-electron chi connectivity index (χ3n) is 7.29. The molecule has 0 saturated heterocycles. The van der Waals surface area contributed by atoms with Crippen molar-refractivity contribution < 1.29 is 27.4 Å². The van der Waals surface area contributed by atoms with Crippen molar-refractivity contribution in [3.63, 3.8) is 0 Å². The van der Waals surface area contributed by atoms with Crippen LogP contribution in [0.25, 0.3) is 22.2 Å². The number of ether oxygens (including phenoxy) is 2. The lowest BCUT2D eigenvalue weighted by molar-refractivity contribution is -0.170. The number of hydrogen-bond acceptors (Lipinski definition) is 3. The van der Waals surface area contributed by atoms with Crippen LogP contribution in [-0.2, 0) is 22.8 Å². The number of benzene rings is 2. The van der Waals surface area contributed by atoms with E-state index in [2.05, 4.69) is 41.5 Å². The SMILES string of the molecule is Cn1c(-c2ccccc2C(F)(F)F)cc2ccc(OC(C)(C)CC(C)(C)OC(=O)C(CC(C)(C)C)C(C)(C)C)cc21. The van der Waals surface area contributed by atoms with Crippen molar-refractivity contribution in [1.29, 1.82) is 0 Å². The van der Waals surface area contributed by atoms with E-state index < -0.39 is 22.9 Å². The normalized spacial score (nSPS) is 14.3. The van der Waals surface area contributed by atoms with E-state index in [1.807, 2.05) is 45.9 Å². The third-order valence-corrected chi connectivity index (χ3v) is 7.29. The number of hydrogen-bond donors (Lipinski definition) is 0. The highest BCUT2D eigenvalue weighted by molar-refractivity contribution is 5.88. The highest BCUT2D eigenvalue weighted by Crippen LogP contribution is 2.41. The maximum atomic E-state index is 13.7. The van der Waals surface area contributed by atoms with Crippen molar-refractivity contribution >= 4 is 16.9 Å². The zero-order valence-corrected chi connectivity index (χ0v) is 26.4. The van der Waals surface area contributed by atoms with E-state index in [4.69, 9.17) is 9.47 Å². The molecule has 1 unspecified atom stereocenters. The van der Waals surface area contributed by atoms with Crippen LogP contribution in [0.3, 0.4) is 0 Å². The van der Waals surface area contributed by atoms with E-state index in [1.54, 1.807) is 23.7 Å². The Hall–Kier alpha value is -2.96. The zero-order chi connectivity index (χ0) is 31.2. The number of carbonyl (C=O) groups is 1. The molecule has 0 saturated carbocycles. The number of esters is 1. The van der Waals surface area contributed by atoms with Gasteiger partial charge in [0.1, 0.15) is 17.0 Å². The molecule has 226 valence electrons. The van der Waals surface area contributed by atoms with Gasteiger partial charge in [-0.25, -0.2) is 0 Å². The summed E-state index contributed by atoms with van der Waals surface area (Å²) in [5, 5.41) is 0.811. The lowest BCUT2D eigenvalue weighted by Crippen LogP contribution is -2.43. The van der Waals surface area contributed by atoms with Crippen LogP contribution in [-0.4, -0.2) is 21.7 Å². The van der Waals surface area contributed by atoms with Crippen LogP contribution >= 0.6 is 0 Å². The Morgan fingerprint density at radius 2 is 1.46 bits per heavy atom. The number of aromatic nitrogens is 1. The first kappa shape index (κ1) is 32.6. The van der Waals surface area contributed by atoms with Gasteiger partial charge in [-0.15, -0.1) is 0 Å². The fourth-order valence-corrected chi connectivity index (χ4v) is 5.70. The van der Waals surface area contributed by atoms with Gasteiger partial charge in [0.05, 0.1) is 17.0 Å². The minimum atomic E-state index is -4.46. The first-order valence-corrected chi connectivity index (χ1v) is 14.2.